The molecule has 192 valence electrons. The second kappa shape index (κ2) is 10.6. The van der Waals surface area contributed by atoms with Crippen molar-refractivity contribution in [1.82, 2.24) is 30.5 Å². The van der Waals surface area contributed by atoms with E-state index in [1.165, 1.54) is 16.8 Å². The lowest BCUT2D eigenvalue weighted by Gasteiger charge is -2.34. The summed E-state index contributed by atoms with van der Waals surface area (Å²) in [5, 5.41) is 15.3. The highest BCUT2D eigenvalue weighted by atomic mass is 16.5. The Morgan fingerprint density at radius 2 is 1.84 bits per heavy atom. The number of hydrogen-bond acceptors (Lipinski definition) is 8. The van der Waals surface area contributed by atoms with E-state index < -0.39 is 17.5 Å². The van der Waals surface area contributed by atoms with Gasteiger partial charge in [-0.1, -0.05) is 12.1 Å². The lowest BCUT2D eigenvalue weighted by molar-refractivity contribution is -0.128. The van der Waals surface area contributed by atoms with Gasteiger partial charge in [0, 0.05) is 17.9 Å². The summed E-state index contributed by atoms with van der Waals surface area (Å²) < 4.78 is 11.1. The fraction of sp³-hybridized carbons (Fsp3) is 0.308. The first-order chi connectivity index (χ1) is 17.7. The average Bonchev–Trinajstić information content (AvgIpc) is 3.50. The summed E-state index contributed by atoms with van der Waals surface area (Å²) in [5.41, 5.74) is 0.457. The van der Waals surface area contributed by atoms with E-state index in [2.05, 4.69) is 25.7 Å². The minimum absolute atomic E-state index is 0.251. The molecule has 4 rings (SSSR count). The molecule has 2 amide bonds. The number of carbonyl (C=O) groups is 2. The summed E-state index contributed by atoms with van der Waals surface area (Å²) in [6.07, 6.45) is 3.16. The number of amides is 2. The van der Waals surface area contributed by atoms with Gasteiger partial charge in [-0.05, 0) is 74.9 Å². The third kappa shape index (κ3) is 6.00. The lowest BCUT2D eigenvalue weighted by atomic mass is 10.0. The Morgan fingerprint density at radius 1 is 1.11 bits per heavy atom. The number of carbonyl (C=O) groups excluding carboxylic acids is 2. The van der Waals surface area contributed by atoms with Crippen LogP contribution in [-0.4, -0.2) is 49.7 Å². The van der Waals surface area contributed by atoms with Crippen molar-refractivity contribution >= 4 is 17.5 Å². The first kappa shape index (κ1) is 25.5. The van der Waals surface area contributed by atoms with Crippen LogP contribution in [0.25, 0.3) is 11.6 Å². The first-order valence-electron chi connectivity index (χ1n) is 11.7. The molecule has 0 unspecified atom stereocenters. The van der Waals surface area contributed by atoms with Crippen LogP contribution in [0.3, 0.4) is 0 Å². The fourth-order valence-corrected chi connectivity index (χ4v) is 3.81. The maximum absolute atomic E-state index is 13.9. The van der Waals surface area contributed by atoms with Gasteiger partial charge in [0.25, 0.3) is 5.91 Å². The van der Waals surface area contributed by atoms with Crippen molar-refractivity contribution in [3.05, 3.63) is 72.2 Å². The molecule has 0 spiro atoms. The number of para-hydroxylation sites is 2. The molecule has 3 aromatic heterocycles. The Kier molecular flexibility index (Phi) is 7.32. The number of benzene rings is 1. The van der Waals surface area contributed by atoms with Gasteiger partial charge in [-0.25, -0.2) is 0 Å². The predicted molar refractivity (Wildman–Crippen MR) is 136 cm³/mol. The van der Waals surface area contributed by atoms with Crippen molar-refractivity contribution in [2.75, 3.05) is 12.0 Å². The highest BCUT2D eigenvalue weighted by molar-refractivity contribution is 6.02. The second-order valence-corrected chi connectivity index (χ2v) is 9.41. The zero-order valence-corrected chi connectivity index (χ0v) is 21.4. The number of tetrazole rings is 1. The molecule has 1 N–H and O–H groups in total. The third-order valence-corrected chi connectivity index (χ3v) is 5.33. The van der Waals surface area contributed by atoms with E-state index in [1.54, 1.807) is 60.9 Å². The van der Waals surface area contributed by atoms with Crippen molar-refractivity contribution < 1.29 is 18.7 Å². The molecule has 4 aromatic rings. The van der Waals surface area contributed by atoms with Crippen molar-refractivity contribution in [1.29, 1.82) is 0 Å². The van der Waals surface area contributed by atoms with Gasteiger partial charge in [-0.2, -0.15) is 4.80 Å². The molecule has 0 aliphatic carbocycles. The normalized spacial score (nSPS) is 12.1. The van der Waals surface area contributed by atoms with E-state index in [1.807, 2.05) is 27.7 Å². The number of furan rings is 1. The maximum Gasteiger partial charge on any atom is 0.251 e. The Labute approximate surface area is 214 Å². The Balaban J connectivity index is 1.77. The minimum atomic E-state index is -1.03. The van der Waals surface area contributed by atoms with Crippen molar-refractivity contribution in [2.24, 2.45) is 0 Å². The van der Waals surface area contributed by atoms with E-state index in [0.717, 1.165) is 0 Å². The van der Waals surface area contributed by atoms with E-state index in [9.17, 15) is 9.59 Å². The van der Waals surface area contributed by atoms with Gasteiger partial charge < -0.3 is 14.5 Å². The van der Waals surface area contributed by atoms with E-state index in [-0.39, 0.29) is 18.3 Å². The average molecular weight is 504 g/mol. The van der Waals surface area contributed by atoms with Crippen LogP contribution in [0.4, 0.5) is 5.69 Å². The van der Waals surface area contributed by atoms with Crippen molar-refractivity contribution in [2.45, 2.75) is 45.8 Å². The molecule has 37 heavy (non-hydrogen) atoms. The van der Waals surface area contributed by atoms with Gasteiger partial charge in [0.1, 0.15) is 24.1 Å². The molecule has 0 aliphatic rings. The molecule has 11 nitrogen and oxygen atoms in total. The molecule has 11 heteroatoms. The van der Waals surface area contributed by atoms with Crippen LogP contribution < -0.4 is 15.0 Å². The topological polar surface area (TPSA) is 128 Å². The number of nitrogens with zero attached hydrogens (tertiary/aromatic N) is 6. The van der Waals surface area contributed by atoms with Crippen LogP contribution in [0.15, 0.2) is 65.3 Å². The molecule has 0 saturated heterocycles. The fourth-order valence-electron chi connectivity index (χ4n) is 3.81. The Bertz CT molecular complexity index is 1370. The van der Waals surface area contributed by atoms with Crippen LogP contribution in [0.2, 0.25) is 0 Å². The zero-order chi connectivity index (χ0) is 26.6. The van der Waals surface area contributed by atoms with Crippen molar-refractivity contribution in [3.8, 4) is 17.3 Å². The summed E-state index contributed by atoms with van der Waals surface area (Å²) in [7, 11) is 1.51. The number of rotatable bonds is 8. The zero-order valence-electron chi connectivity index (χ0n) is 21.4. The molecule has 1 aromatic carbocycles. The van der Waals surface area contributed by atoms with E-state index in [0.29, 0.717) is 28.5 Å². The molecular weight excluding hydrogens is 474 g/mol. The second-order valence-electron chi connectivity index (χ2n) is 9.41. The van der Waals surface area contributed by atoms with Gasteiger partial charge in [0.15, 0.2) is 5.76 Å². The highest BCUT2D eigenvalue weighted by Gasteiger charge is 2.36. The monoisotopic (exact) mass is 503 g/mol. The van der Waals surface area contributed by atoms with E-state index in [4.69, 9.17) is 9.15 Å². The summed E-state index contributed by atoms with van der Waals surface area (Å²) in [6.45, 7) is 7.16. The molecule has 0 radical (unpaired) electrons. The maximum atomic E-state index is 13.9. The van der Waals surface area contributed by atoms with Gasteiger partial charge in [0.05, 0.1) is 12.8 Å². The molecular formula is C26H29N7O4. The van der Waals surface area contributed by atoms with E-state index >= 15 is 0 Å². The van der Waals surface area contributed by atoms with Crippen LogP contribution in [0.5, 0.6) is 5.75 Å². The summed E-state index contributed by atoms with van der Waals surface area (Å²) >= 11 is 0. The first-order valence-corrected chi connectivity index (χ1v) is 11.7. The van der Waals surface area contributed by atoms with Crippen LogP contribution >= 0.6 is 0 Å². The smallest absolute Gasteiger partial charge is 0.251 e. The minimum Gasteiger partial charge on any atom is -0.495 e. The SMILES string of the molecule is COc1ccccc1N(C(=O)Cn1nnc(-c2ccc(C)o2)n1)[C@H](C(=O)NC(C)(C)C)c1ccncc1. The number of methoxy groups -OCH3 is 1. The molecule has 0 aliphatic heterocycles. The Morgan fingerprint density at radius 3 is 2.49 bits per heavy atom. The van der Waals surface area contributed by atoms with Crippen LogP contribution in [0.1, 0.15) is 38.1 Å². The van der Waals surface area contributed by atoms with Gasteiger partial charge in [-0.3, -0.25) is 19.5 Å². The number of anilines is 1. The lowest BCUT2D eigenvalue weighted by Crippen LogP contribution is -2.50. The largest absolute Gasteiger partial charge is 0.495 e. The standard InChI is InChI=1S/C26H29N7O4/c1-17-10-11-21(37-17)24-29-31-32(30-24)16-22(34)33(19-8-6-7-9-20(19)36-5)23(18-12-14-27-15-13-18)25(35)28-26(2,3)4/h6-15,23H,16H2,1-5H3,(H,28,35)/t23-/m0/s1. The van der Waals surface area contributed by atoms with Crippen molar-refractivity contribution in [3.63, 3.8) is 0 Å². The summed E-state index contributed by atoms with van der Waals surface area (Å²) in [5.74, 6) is 1.01. The Hall–Kier alpha value is -4.54. The number of pyridine rings is 1. The molecule has 0 bridgehead atoms. The molecule has 1 atom stereocenters. The van der Waals surface area contributed by atoms with Crippen LogP contribution in [-0.2, 0) is 16.1 Å². The summed E-state index contributed by atoms with van der Waals surface area (Å²) in [4.78, 5) is 34.3. The molecule has 0 fully saturated rings. The quantitative estimate of drug-likeness (QED) is 0.388. The number of hydrogen-bond donors (Lipinski definition) is 1. The predicted octanol–water partition coefficient (Wildman–Crippen LogP) is 3.33. The van der Waals surface area contributed by atoms with Gasteiger partial charge in [0.2, 0.25) is 11.7 Å². The molecule has 3 heterocycles. The highest BCUT2D eigenvalue weighted by Crippen LogP contribution is 2.35. The van der Waals surface area contributed by atoms with Gasteiger partial charge >= 0.3 is 0 Å². The third-order valence-electron chi connectivity index (χ3n) is 5.33. The number of aryl methyl sites for hydroxylation is 1. The number of aromatic nitrogens is 5. The summed E-state index contributed by atoms with van der Waals surface area (Å²) in [6, 6.07) is 12.9. The molecule has 0 saturated carbocycles. The number of ether oxygens (including phenoxy) is 1. The van der Waals surface area contributed by atoms with Crippen LogP contribution in [0, 0.1) is 6.92 Å². The van der Waals surface area contributed by atoms with Gasteiger partial charge in [-0.15, -0.1) is 10.2 Å². The number of nitrogens with one attached hydrogen (secondary N) is 1.